The molecule has 4 heteroatoms. The quantitative estimate of drug-likeness (QED) is 0.529. The van der Waals surface area contributed by atoms with E-state index in [0.29, 0.717) is 5.46 Å². The Labute approximate surface area is 64.4 Å². The fraction of sp³-hybridized carbons (Fsp3) is 0.143. The lowest BCUT2D eigenvalue weighted by atomic mass is 9.95. The minimum absolute atomic E-state index is 0.315. The summed E-state index contributed by atoms with van der Waals surface area (Å²) in [5.41, 5.74) is 0.378. The van der Waals surface area contributed by atoms with Gasteiger partial charge in [-0.05, 0) is 11.5 Å². The Morgan fingerprint density at radius 2 is 2.00 bits per heavy atom. The zero-order chi connectivity index (χ0) is 8.43. The highest BCUT2D eigenvalue weighted by molar-refractivity contribution is 6.32. The minimum atomic E-state index is -0.671. The maximum absolute atomic E-state index is 12.9. The van der Waals surface area contributed by atoms with Gasteiger partial charge in [0.25, 0.3) is 0 Å². The van der Waals surface area contributed by atoms with Crippen LogP contribution in [0, 0.1) is 11.6 Å². The van der Waals surface area contributed by atoms with Crippen LogP contribution in [0.15, 0.2) is 12.1 Å². The van der Waals surface area contributed by atoms with Gasteiger partial charge in [-0.1, -0.05) is 6.07 Å². The van der Waals surface area contributed by atoms with Crippen molar-refractivity contribution in [2.45, 2.75) is 0 Å². The lowest BCUT2D eigenvalue weighted by molar-refractivity contribution is 0.361. The molecule has 0 amide bonds. The summed E-state index contributed by atoms with van der Waals surface area (Å²) < 4.78 is 30.1. The van der Waals surface area contributed by atoms with Crippen LogP contribution in [0.1, 0.15) is 0 Å². The molecule has 0 spiro atoms. The molecule has 1 nitrogen and oxygen atoms in total. The molecule has 1 aromatic carbocycles. The summed E-state index contributed by atoms with van der Waals surface area (Å²) >= 11 is 0. The van der Waals surface area contributed by atoms with Crippen LogP contribution in [-0.2, 0) is 0 Å². The van der Waals surface area contributed by atoms with Crippen molar-refractivity contribution in [1.29, 1.82) is 0 Å². The predicted molar refractivity (Wildman–Crippen MR) is 41.1 cm³/mol. The molecule has 0 aliphatic carbocycles. The van der Waals surface area contributed by atoms with Gasteiger partial charge in [0.2, 0.25) is 0 Å². The highest BCUT2D eigenvalue weighted by Crippen LogP contribution is 2.17. The molecule has 1 aromatic rings. The van der Waals surface area contributed by atoms with Gasteiger partial charge in [0.1, 0.15) is 7.85 Å². The number of methoxy groups -OCH3 is 1. The Morgan fingerprint density at radius 3 is 2.45 bits per heavy atom. The first kappa shape index (κ1) is 8.05. The molecule has 0 heterocycles. The summed E-state index contributed by atoms with van der Waals surface area (Å²) in [5, 5.41) is 0. The lowest BCUT2D eigenvalue weighted by Crippen LogP contribution is -2.10. The number of ether oxygens (including phenoxy) is 1. The Kier molecular flexibility index (Phi) is 2.12. The van der Waals surface area contributed by atoms with Gasteiger partial charge in [-0.15, -0.1) is 0 Å². The van der Waals surface area contributed by atoms with E-state index in [4.69, 9.17) is 0 Å². The molecule has 0 N–H and O–H groups in total. The van der Waals surface area contributed by atoms with Crippen molar-refractivity contribution in [2.75, 3.05) is 7.11 Å². The van der Waals surface area contributed by atoms with Gasteiger partial charge in [-0.3, -0.25) is 0 Å². The number of hydrogen-bond acceptors (Lipinski definition) is 1. The Morgan fingerprint density at radius 1 is 1.36 bits per heavy atom. The molecule has 58 valence electrons. The molecule has 0 saturated carbocycles. The molecule has 0 saturated heterocycles. The van der Waals surface area contributed by atoms with Crippen molar-refractivity contribution in [3.63, 3.8) is 0 Å². The van der Waals surface area contributed by atoms with Crippen molar-refractivity contribution in [1.82, 2.24) is 0 Å². The maximum atomic E-state index is 12.9. The van der Waals surface area contributed by atoms with E-state index in [2.05, 4.69) is 4.74 Å². The van der Waals surface area contributed by atoms with E-state index >= 15 is 0 Å². The Bertz CT molecular complexity index is 275. The second-order valence-corrected chi connectivity index (χ2v) is 2.21. The highest BCUT2D eigenvalue weighted by Gasteiger charge is 2.10. The summed E-state index contributed by atoms with van der Waals surface area (Å²) in [6, 6.07) is 2.55. The van der Waals surface area contributed by atoms with E-state index in [1.54, 1.807) is 7.85 Å². The van der Waals surface area contributed by atoms with Crippen LogP contribution < -0.4 is 10.2 Å². The molecule has 1 rings (SSSR count). The second kappa shape index (κ2) is 2.90. The van der Waals surface area contributed by atoms with Gasteiger partial charge in [0.15, 0.2) is 17.4 Å². The van der Waals surface area contributed by atoms with E-state index in [9.17, 15) is 8.78 Å². The molecule has 0 bridgehead atoms. The van der Waals surface area contributed by atoms with Crippen molar-refractivity contribution in [2.24, 2.45) is 0 Å². The van der Waals surface area contributed by atoms with Gasteiger partial charge < -0.3 is 4.74 Å². The molecule has 0 fully saturated rings. The van der Waals surface area contributed by atoms with Crippen molar-refractivity contribution in [3.05, 3.63) is 23.8 Å². The third-order valence-corrected chi connectivity index (χ3v) is 1.45. The minimum Gasteiger partial charge on any atom is -0.491 e. The fourth-order valence-electron chi connectivity index (χ4n) is 0.818. The van der Waals surface area contributed by atoms with Crippen molar-refractivity contribution in [3.8, 4) is 5.75 Å². The zero-order valence-electron chi connectivity index (χ0n) is 6.32. The second-order valence-electron chi connectivity index (χ2n) is 2.21. The number of halogens is 2. The third-order valence-electron chi connectivity index (χ3n) is 1.45. The van der Waals surface area contributed by atoms with Gasteiger partial charge >= 0.3 is 0 Å². The van der Waals surface area contributed by atoms with Crippen LogP contribution in [-0.4, -0.2) is 15.0 Å². The van der Waals surface area contributed by atoms with E-state index < -0.39 is 11.6 Å². The van der Waals surface area contributed by atoms with Crippen LogP contribution in [0.2, 0.25) is 0 Å². The Hall–Kier alpha value is -1.06. The van der Waals surface area contributed by atoms with Gasteiger partial charge in [-0.2, -0.15) is 0 Å². The monoisotopic (exact) mass is 156 g/mol. The van der Waals surface area contributed by atoms with Gasteiger partial charge in [0, 0.05) is 0 Å². The topological polar surface area (TPSA) is 9.23 Å². The predicted octanol–water partition coefficient (Wildman–Crippen LogP) is 0.232. The van der Waals surface area contributed by atoms with Crippen LogP contribution >= 0.6 is 0 Å². The first-order chi connectivity index (χ1) is 5.16. The van der Waals surface area contributed by atoms with E-state index in [0.717, 1.165) is 0 Å². The SMILES string of the molecule is Bc1ccc(F)c(OC)c1F. The fourth-order valence-corrected chi connectivity index (χ4v) is 0.818. The van der Waals surface area contributed by atoms with Crippen LogP contribution in [0.3, 0.4) is 0 Å². The van der Waals surface area contributed by atoms with E-state index in [1.165, 1.54) is 19.2 Å². The van der Waals surface area contributed by atoms with Crippen LogP contribution in [0.5, 0.6) is 5.75 Å². The first-order valence-electron chi connectivity index (χ1n) is 3.15. The third kappa shape index (κ3) is 1.34. The van der Waals surface area contributed by atoms with Gasteiger partial charge in [-0.25, -0.2) is 8.78 Å². The maximum Gasteiger partial charge on any atom is 0.189 e. The molecular formula is C7H7BF2O. The standard InChI is InChI=1S/C7H7BF2O/c1-11-7-5(9)3-2-4(8)6(7)10/h2-3H,8H2,1H3. The molecule has 0 atom stereocenters. The molecule has 11 heavy (non-hydrogen) atoms. The van der Waals surface area contributed by atoms with E-state index in [1.807, 2.05) is 0 Å². The molecule has 0 radical (unpaired) electrons. The largest absolute Gasteiger partial charge is 0.491 e. The number of benzene rings is 1. The number of rotatable bonds is 1. The van der Waals surface area contributed by atoms with E-state index in [-0.39, 0.29) is 5.75 Å². The lowest BCUT2D eigenvalue weighted by Gasteiger charge is -2.04. The molecule has 0 aliphatic rings. The smallest absolute Gasteiger partial charge is 0.189 e. The summed E-state index contributed by atoms with van der Waals surface area (Å²) in [5.74, 6) is -1.62. The Balaban J connectivity index is 3.29. The first-order valence-corrected chi connectivity index (χ1v) is 3.15. The van der Waals surface area contributed by atoms with Crippen LogP contribution in [0.25, 0.3) is 0 Å². The summed E-state index contributed by atoms with van der Waals surface area (Å²) in [6.07, 6.45) is 0. The summed E-state index contributed by atoms with van der Waals surface area (Å²) in [7, 11) is 2.79. The summed E-state index contributed by atoms with van der Waals surface area (Å²) in [4.78, 5) is 0. The zero-order valence-corrected chi connectivity index (χ0v) is 6.32. The van der Waals surface area contributed by atoms with Gasteiger partial charge in [0.05, 0.1) is 7.11 Å². The summed E-state index contributed by atoms with van der Waals surface area (Å²) in [6.45, 7) is 0. The molecular weight excluding hydrogens is 149 g/mol. The molecule has 0 aromatic heterocycles. The average Bonchev–Trinajstić information content (AvgIpc) is 1.99. The molecule has 0 unspecified atom stereocenters. The van der Waals surface area contributed by atoms with Crippen LogP contribution in [0.4, 0.5) is 8.78 Å². The average molecular weight is 156 g/mol. The number of hydrogen-bond donors (Lipinski definition) is 0. The van der Waals surface area contributed by atoms with Crippen molar-refractivity contribution >= 4 is 13.3 Å². The molecule has 0 aliphatic heterocycles. The normalized spacial score (nSPS) is 9.73. The van der Waals surface area contributed by atoms with Crippen molar-refractivity contribution < 1.29 is 13.5 Å². The highest BCUT2D eigenvalue weighted by atomic mass is 19.1.